The van der Waals surface area contributed by atoms with Crippen LogP contribution in [-0.4, -0.2) is 29.3 Å². The Hall–Kier alpha value is -3.88. The summed E-state index contributed by atoms with van der Waals surface area (Å²) < 4.78 is 19.5. The highest BCUT2D eigenvalue weighted by Crippen LogP contribution is 2.35. The molecule has 1 aliphatic rings. The number of hydrogen-bond donors (Lipinski definition) is 2. The fraction of sp³-hybridized carbons (Fsp3) is 0.115. The smallest absolute Gasteiger partial charge is 0.329 e. The molecule has 0 spiro atoms. The standard InChI is InChI=1S/C26H20Cl2FN3O4/c1-15-6-8-16(9-7-15)14-36-24-18(27)10-17(11-19(24)28)12-22-25(34)32(26(35)31-22)13-23(33)30-21-5-3-2-4-20(21)29/h2-12H,13-14H2,1H3,(H,30,33)(H,31,35)/b22-12+. The molecular formula is C26H20Cl2FN3O4. The van der Waals surface area contributed by atoms with Crippen LogP contribution in [0.25, 0.3) is 6.08 Å². The zero-order chi connectivity index (χ0) is 25.8. The molecule has 0 unspecified atom stereocenters. The lowest BCUT2D eigenvalue weighted by Crippen LogP contribution is -2.38. The average molecular weight is 528 g/mol. The summed E-state index contributed by atoms with van der Waals surface area (Å²) >= 11 is 12.7. The summed E-state index contributed by atoms with van der Waals surface area (Å²) in [4.78, 5) is 38.0. The molecule has 0 radical (unpaired) electrons. The molecule has 3 aromatic rings. The molecule has 0 saturated carbocycles. The highest BCUT2D eigenvalue weighted by Gasteiger charge is 2.35. The van der Waals surface area contributed by atoms with Crippen molar-refractivity contribution in [2.45, 2.75) is 13.5 Å². The average Bonchev–Trinajstić information content (AvgIpc) is 3.08. The third-order valence-electron chi connectivity index (χ3n) is 5.25. The maximum atomic E-state index is 13.7. The van der Waals surface area contributed by atoms with Crippen LogP contribution in [0.15, 0.2) is 66.4 Å². The molecule has 36 heavy (non-hydrogen) atoms. The van der Waals surface area contributed by atoms with Gasteiger partial charge in [-0.15, -0.1) is 0 Å². The van der Waals surface area contributed by atoms with Gasteiger partial charge in [0.25, 0.3) is 5.91 Å². The monoisotopic (exact) mass is 527 g/mol. The molecule has 3 aromatic carbocycles. The van der Waals surface area contributed by atoms with Gasteiger partial charge in [-0.2, -0.15) is 0 Å². The summed E-state index contributed by atoms with van der Waals surface area (Å²) in [6, 6.07) is 15.7. The molecule has 0 atom stereocenters. The molecular weight excluding hydrogens is 508 g/mol. The van der Waals surface area contributed by atoms with Crippen LogP contribution in [0.1, 0.15) is 16.7 Å². The van der Waals surface area contributed by atoms with E-state index in [-0.39, 0.29) is 33.8 Å². The first-order valence-corrected chi connectivity index (χ1v) is 11.5. The van der Waals surface area contributed by atoms with E-state index in [9.17, 15) is 18.8 Å². The Morgan fingerprint density at radius 2 is 1.75 bits per heavy atom. The quantitative estimate of drug-likeness (QED) is 0.311. The van der Waals surface area contributed by atoms with Gasteiger partial charge < -0.3 is 15.4 Å². The van der Waals surface area contributed by atoms with E-state index < -0.39 is 30.2 Å². The third kappa shape index (κ3) is 5.84. The Bertz CT molecular complexity index is 1350. The molecule has 184 valence electrons. The number of nitrogens with one attached hydrogen (secondary N) is 2. The Morgan fingerprint density at radius 3 is 2.42 bits per heavy atom. The van der Waals surface area contributed by atoms with Gasteiger partial charge in [0, 0.05) is 0 Å². The second-order valence-electron chi connectivity index (χ2n) is 8.00. The van der Waals surface area contributed by atoms with Crippen LogP contribution in [0, 0.1) is 12.7 Å². The summed E-state index contributed by atoms with van der Waals surface area (Å²) in [6.07, 6.45) is 1.39. The molecule has 0 aromatic heterocycles. The van der Waals surface area contributed by atoms with Crippen molar-refractivity contribution in [1.82, 2.24) is 10.2 Å². The van der Waals surface area contributed by atoms with Crippen LogP contribution in [0.3, 0.4) is 0 Å². The highest BCUT2D eigenvalue weighted by molar-refractivity contribution is 6.37. The number of amides is 4. The van der Waals surface area contributed by atoms with Gasteiger partial charge in [-0.3, -0.25) is 9.59 Å². The molecule has 10 heteroatoms. The van der Waals surface area contributed by atoms with Crippen molar-refractivity contribution >= 4 is 52.8 Å². The number of urea groups is 1. The minimum atomic E-state index is -0.787. The van der Waals surface area contributed by atoms with Crippen LogP contribution < -0.4 is 15.4 Å². The van der Waals surface area contributed by atoms with Gasteiger partial charge in [0.1, 0.15) is 24.7 Å². The number of nitrogens with zero attached hydrogens (tertiary/aromatic N) is 1. The van der Waals surface area contributed by atoms with Crippen molar-refractivity contribution in [2.75, 3.05) is 11.9 Å². The minimum absolute atomic E-state index is 0.0562. The first kappa shape index (κ1) is 25.2. The normalized spacial score (nSPS) is 14.2. The summed E-state index contributed by atoms with van der Waals surface area (Å²) in [7, 11) is 0. The minimum Gasteiger partial charge on any atom is -0.486 e. The predicted molar refractivity (Wildman–Crippen MR) is 135 cm³/mol. The molecule has 0 bridgehead atoms. The molecule has 1 fully saturated rings. The number of para-hydroxylation sites is 1. The van der Waals surface area contributed by atoms with Crippen LogP contribution in [0.4, 0.5) is 14.9 Å². The lowest BCUT2D eigenvalue weighted by atomic mass is 10.1. The molecule has 1 heterocycles. The van der Waals surface area contributed by atoms with Gasteiger partial charge in [-0.25, -0.2) is 14.1 Å². The number of benzene rings is 3. The van der Waals surface area contributed by atoms with Gasteiger partial charge in [0.2, 0.25) is 5.91 Å². The Morgan fingerprint density at radius 1 is 1.08 bits per heavy atom. The van der Waals surface area contributed by atoms with E-state index >= 15 is 0 Å². The number of rotatable bonds is 7. The molecule has 1 aliphatic heterocycles. The van der Waals surface area contributed by atoms with Gasteiger partial charge in [-0.1, -0.05) is 65.2 Å². The number of ether oxygens (including phenoxy) is 1. The summed E-state index contributed by atoms with van der Waals surface area (Å²) in [5.74, 6) is -1.81. The van der Waals surface area contributed by atoms with Crippen LogP contribution in [0.5, 0.6) is 5.75 Å². The van der Waals surface area contributed by atoms with Crippen molar-refractivity contribution in [3.8, 4) is 5.75 Å². The molecule has 4 amide bonds. The summed E-state index contributed by atoms with van der Waals surface area (Å²) in [5, 5.41) is 5.19. The first-order valence-electron chi connectivity index (χ1n) is 10.8. The molecule has 1 saturated heterocycles. The van der Waals surface area contributed by atoms with E-state index in [1.54, 1.807) is 6.07 Å². The van der Waals surface area contributed by atoms with E-state index in [4.69, 9.17) is 27.9 Å². The van der Waals surface area contributed by atoms with E-state index in [1.807, 2.05) is 31.2 Å². The van der Waals surface area contributed by atoms with Gasteiger partial charge in [-0.05, 0) is 48.4 Å². The van der Waals surface area contributed by atoms with E-state index in [0.29, 0.717) is 10.5 Å². The number of anilines is 1. The molecule has 7 nitrogen and oxygen atoms in total. The lowest BCUT2D eigenvalue weighted by molar-refractivity contribution is -0.127. The third-order valence-corrected chi connectivity index (χ3v) is 5.81. The van der Waals surface area contributed by atoms with E-state index in [1.165, 1.54) is 36.4 Å². The SMILES string of the molecule is Cc1ccc(COc2c(Cl)cc(/C=C3/NC(=O)N(CC(=O)Nc4ccccc4F)C3=O)cc2Cl)cc1. The van der Waals surface area contributed by atoms with Crippen molar-refractivity contribution < 1.29 is 23.5 Å². The maximum Gasteiger partial charge on any atom is 0.329 e. The summed E-state index contributed by atoms with van der Waals surface area (Å²) in [5.41, 5.74) is 2.38. The number of hydrogen-bond acceptors (Lipinski definition) is 4. The number of aryl methyl sites for hydroxylation is 1. The van der Waals surface area contributed by atoms with Gasteiger partial charge in [0.05, 0.1) is 15.7 Å². The number of halogens is 3. The second-order valence-corrected chi connectivity index (χ2v) is 8.81. The second kappa shape index (κ2) is 10.8. The zero-order valence-electron chi connectivity index (χ0n) is 19.0. The van der Waals surface area contributed by atoms with Crippen LogP contribution in [0.2, 0.25) is 10.0 Å². The first-order chi connectivity index (χ1) is 17.2. The lowest BCUT2D eigenvalue weighted by Gasteiger charge is -2.12. The fourth-order valence-electron chi connectivity index (χ4n) is 3.42. The summed E-state index contributed by atoms with van der Waals surface area (Å²) in [6.45, 7) is 1.66. The number of carbonyl (C=O) groups excluding carboxylic acids is 3. The molecule has 4 rings (SSSR count). The fourth-order valence-corrected chi connectivity index (χ4v) is 4.03. The predicted octanol–water partition coefficient (Wildman–Crippen LogP) is 5.55. The van der Waals surface area contributed by atoms with Gasteiger partial charge >= 0.3 is 6.03 Å². The zero-order valence-corrected chi connectivity index (χ0v) is 20.5. The maximum absolute atomic E-state index is 13.7. The highest BCUT2D eigenvalue weighted by atomic mass is 35.5. The van der Waals surface area contributed by atoms with Crippen molar-refractivity contribution in [2.24, 2.45) is 0 Å². The van der Waals surface area contributed by atoms with E-state index in [0.717, 1.165) is 11.1 Å². The van der Waals surface area contributed by atoms with Gasteiger partial charge in [0.15, 0.2) is 5.75 Å². The topological polar surface area (TPSA) is 87.7 Å². The number of imide groups is 1. The van der Waals surface area contributed by atoms with E-state index in [2.05, 4.69) is 10.6 Å². The Kier molecular flexibility index (Phi) is 7.57. The van der Waals surface area contributed by atoms with Crippen LogP contribution >= 0.6 is 23.2 Å². The van der Waals surface area contributed by atoms with Crippen molar-refractivity contribution in [3.63, 3.8) is 0 Å². The molecule has 2 N–H and O–H groups in total. The molecule has 0 aliphatic carbocycles. The van der Waals surface area contributed by atoms with Crippen molar-refractivity contribution in [3.05, 3.63) is 98.9 Å². The van der Waals surface area contributed by atoms with Crippen LogP contribution in [-0.2, 0) is 16.2 Å². The number of carbonyl (C=O) groups is 3. The largest absolute Gasteiger partial charge is 0.486 e. The Balaban J connectivity index is 1.44. The van der Waals surface area contributed by atoms with Crippen molar-refractivity contribution in [1.29, 1.82) is 0 Å². The Labute approximate surface area is 216 Å².